The Morgan fingerprint density at radius 1 is 1.38 bits per heavy atom. The van der Waals surface area contributed by atoms with Crippen LogP contribution in [0.1, 0.15) is 32.8 Å². The molecule has 1 unspecified atom stereocenters. The molecule has 0 aliphatic carbocycles. The number of amides is 1. The molecule has 1 amide bonds. The number of thioether (sulfide) groups is 1. The van der Waals surface area contributed by atoms with E-state index in [1.165, 1.54) is 12.1 Å². The summed E-state index contributed by atoms with van der Waals surface area (Å²) in [6.45, 7) is 6.10. The molecule has 0 bridgehead atoms. The zero-order chi connectivity index (χ0) is 19.1. The molecular formula is C18H20N2O5S. The van der Waals surface area contributed by atoms with Crippen LogP contribution in [0.3, 0.4) is 0 Å². The van der Waals surface area contributed by atoms with Gasteiger partial charge in [-0.2, -0.15) is 0 Å². The van der Waals surface area contributed by atoms with E-state index in [1.54, 1.807) is 28.8 Å². The molecule has 1 saturated heterocycles. The van der Waals surface area contributed by atoms with Crippen LogP contribution in [-0.2, 0) is 20.9 Å². The van der Waals surface area contributed by atoms with Gasteiger partial charge in [-0.1, -0.05) is 20.8 Å². The van der Waals surface area contributed by atoms with E-state index in [2.05, 4.69) is 0 Å². The van der Waals surface area contributed by atoms with Crippen molar-refractivity contribution < 1.29 is 19.2 Å². The van der Waals surface area contributed by atoms with Gasteiger partial charge in [-0.15, -0.1) is 11.8 Å². The fourth-order valence-corrected chi connectivity index (χ4v) is 4.48. The van der Waals surface area contributed by atoms with Gasteiger partial charge in [0.1, 0.15) is 12.3 Å². The number of fused-ring (bicyclic) bond motifs is 1. The number of nitro benzene ring substituents is 1. The number of hydrogen-bond donors (Lipinski definition) is 0. The smallest absolute Gasteiger partial charge is 0.356 e. The highest BCUT2D eigenvalue weighted by Crippen LogP contribution is 2.54. The van der Waals surface area contributed by atoms with Gasteiger partial charge < -0.3 is 9.64 Å². The van der Waals surface area contributed by atoms with Crippen molar-refractivity contribution >= 4 is 29.3 Å². The Bertz CT molecular complexity index is 800. The number of benzene rings is 1. The third-order valence-corrected chi connectivity index (χ3v) is 6.12. The highest BCUT2D eigenvalue weighted by molar-refractivity contribution is 8.03. The van der Waals surface area contributed by atoms with Crippen LogP contribution in [0.2, 0.25) is 0 Å². The number of nitro groups is 1. The van der Waals surface area contributed by atoms with Crippen molar-refractivity contribution in [3.05, 3.63) is 50.5 Å². The van der Waals surface area contributed by atoms with Gasteiger partial charge in [-0.25, -0.2) is 4.79 Å². The monoisotopic (exact) mass is 376 g/mol. The van der Waals surface area contributed by atoms with Crippen molar-refractivity contribution in [3.63, 3.8) is 0 Å². The molecule has 2 heterocycles. The predicted molar refractivity (Wildman–Crippen MR) is 97.1 cm³/mol. The topological polar surface area (TPSA) is 89.8 Å². The second-order valence-corrected chi connectivity index (χ2v) is 8.09. The van der Waals surface area contributed by atoms with Crippen LogP contribution >= 0.6 is 11.8 Å². The molecule has 1 aromatic carbocycles. The number of nitrogens with zero attached hydrogens (tertiary/aromatic N) is 2. The standard InChI is InChI=1S/C18H20N2O5S/c1-4-26-16-15(19-13(9-14(19)21)18(16,2)3)17(22)25-10-11-5-7-12(8-6-11)20(23)24/h5-8,13H,4,9-10H2,1-3H3. The molecule has 0 aromatic heterocycles. The minimum atomic E-state index is -0.525. The van der Waals surface area contributed by atoms with Gasteiger partial charge in [0.15, 0.2) is 0 Å². The van der Waals surface area contributed by atoms with Gasteiger partial charge >= 0.3 is 5.97 Å². The second kappa shape index (κ2) is 6.75. The summed E-state index contributed by atoms with van der Waals surface area (Å²) < 4.78 is 5.41. The predicted octanol–water partition coefficient (Wildman–Crippen LogP) is 3.24. The molecule has 1 fully saturated rings. The number of non-ortho nitro benzene ring substituents is 1. The van der Waals surface area contributed by atoms with Gasteiger partial charge in [-0.05, 0) is 23.4 Å². The Balaban J connectivity index is 1.77. The first-order valence-electron chi connectivity index (χ1n) is 8.37. The quantitative estimate of drug-likeness (QED) is 0.328. The lowest BCUT2D eigenvalue weighted by molar-refractivity contribution is -0.384. The largest absolute Gasteiger partial charge is 0.456 e. The van der Waals surface area contributed by atoms with E-state index in [9.17, 15) is 19.7 Å². The number of carbonyl (C=O) groups excluding carboxylic acids is 2. The number of ether oxygens (including phenoxy) is 1. The number of esters is 1. The molecule has 1 aromatic rings. The van der Waals surface area contributed by atoms with Gasteiger partial charge in [0.2, 0.25) is 5.91 Å². The summed E-state index contributed by atoms with van der Waals surface area (Å²) >= 11 is 1.57. The van der Waals surface area contributed by atoms with Crippen molar-refractivity contribution in [3.8, 4) is 0 Å². The number of rotatable bonds is 6. The molecule has 0 N–H and O–H groups in total. The van der Waals surface area contributed by atoms with Crippen molar-refractivity contribution in [2.75, 3.05) is 5.75 Å². The number of carbonyl (C=O) groups is 2. The molecular weight excluding hydrogens is 356 g/mol. The van der Waals surface area contributed by atoms with E-state index in [-0.39, 0.29) is 29.7 Å². The van der Waals surface area contributed by atoms with E-state index >= 15 is 0 Å². The van der Waals surface area contributed by atoms with Crippen LogP contribution in [0.25, 0.3) is 0 Å². The highest BCUT2D eigenvalue weighted by Gasteiger charge is 2.57. The Hall–Kier alpha value is -2.35. The van der Waals surface area contributed by atoms with Crippen LogP contribution in [0, 0.1) is 15.5 Å². The molecule has 2 aliphatic heterocycles. The lowest BCUT2D eigenvalue weighted by Gasteiger charge is -2.42. The molecule has 138 valence electrons. The van der Waals surface area contributed by atoms with E-state index in [4.69, 9.17) is 4.74 Å². The third-order valence-electron chi connectivity index (χ3n) is 4.82. The summed E-state index contributed by atoms with van der Waals surface area (Å²) in [5.41, 5.74) is 0.718. The molecule has 0 spiro atoms. The molecule has 7 nitrogen and oxygen atoms in total. The maximum Gasteiger partial charge on any atom is 0.356 e. The Morgan fingerprint density at radius 3 is 2.58 bits per heavy atom. The summed E-state index contributed by atoms with van der Waals surface area (Å²) in [4.78, 5) is 37.4. The van der Waals surface area contributed by atoms with Crippen molar-refractivity contribution in [1.29, 1.82) is 0 Å². The maximum atomic E-state index is 12.7. The van der Waals surface area contributed by atoms with Gasteiger partial charge in [0.25, 0.3) is 5.69 Å². The summed E-state index contributed by atoms with van der Waals surface area (Å²) in [5.74, 6) is 0.215. The molecule has 8 heteroatoms. The van der Waals surface area contributed by atoms with E-state index in [1.807, 2.05) is 20.8 Å². The van der Waals surface area contributed by atoms with Gasteiger partial charge in [0.05, 0.1) is 11.0 Å². The molecule has 2 aliphatic rings. The fourth-order valence-electron chi connectivity index (χ4n) is 3.36. The van der Waals surface area contributed by atoms with Crippen molar-refractivity contribution in [2.45, 2.75) is 39.8 Å². The maximum absolute atomic E-state index is 12.7. The van der Waals surface area contributed by atoms with Crippen LogP contribution < -0.4 is 0 Å². The Kier molecular flexibility index (Phi) is 4.79. The minimum Gasteiger partial charge on any atom is -0.456 e. The van der Waals surface area contributed by atoms with Crippen LogP contribution in [0.15, 0.2) is 34.9 Å². The first kappa shape index (κ1) is 18.4. The molecule has 1 atom stereocenters. The van der Waals surface area contributed by atoms with Crippen LogP contribution in [-0.4, -0.2) is 33.5 Å². The fraction of sp³-hybridized carbons (Fsp3) is 0.444. The molecule has 26 heavy (non-hydrogen) atoms. The lowest BCUT2D eigenvalue weighted by atomic mass is 9.80. The summed E-state index contributed by atoms with van der Waals surface area (Å²) in [6, 6.07) is 5.85. The number of hydrogen-bond acceptors (Lipinski definition) is 6. The molecule has 3 rings (SSSR count). The summed E-state index contributed by atoms with van der Waals surface area (Å²) in [6.07, 6.45) is 0.444. The van der Waals surface area contributed by atoms with Gasteiger partial charge in [-0.3, -0.25) is 14.9 Å². The van der Waals surface area contributed by atoms with Crippen LogP contribution in [0.4, 0.5) is 5.69 Å². The van der Waals surface area contributed by atoms with Crippen molar-refractivity contribution in [2.24, 2.45) is 5.41 Å². The van der Waals surface area contributed by atoms with E-state index < -0.39 is 10.9 Å². The first-order chi connectivity index (χ1) is 12.3. The zero-order valence-corrected chi connectivity index (χ0v) is 15.7. The van der Waals surface area contributed by atoms with Gasteiger partial charge in [0, 0.05) is 28.9 Å². The average molecular weight is 376 g/mol. The number of β-lactam (4-membered cyclic amide) rings is 1. The van der Waals surface area contributed by atoms with E-state index in [0.717, 1.165) is 10.7 Å². The second-order valence-electron chi connectivity index (χ2n) is 6.82. The Labute approximate surface area is 155 Å². The summed E-state index contributed by atoms with van der Waals surface area (Å²) in [7, 11) is 0. The average Bonchev–Trinajstić information content (AvgIpc) is 2.77. The zero-order valence-electron chi connectivity index (χ0n) is 14.9. The lowest BCUT2D eigenvalue weighted by Crippen LogP contribution is -2.54. The normalized spacial score (nSPS) is 20.7. The SMILES string of the molecule is CCSC1=C(C(=O)OCc2ccc([N+](=O)[O-])cc2)N2C(=O)CC2C1(C)C. The summed E-state index contributed by atoms with van der Waals surface area (Å²) in [5, 5.41) is 10.7. The first-order valence-corrected chi connectivity index (χ1v) is 9.36. The molecule has 0 radical (unpaired) electrons. The van der Waals surface area contributed by atoms with E-state index in [0.29, 0.717) is 17.7 Å². The molecule has 0 saturated carbocycles. The Morgan fingerprint density at radius 2 is 2.04 bits per heavy atom. The van der Waals surface area contributed by atoms with Crippen molar-refractivity contribution in [1.82, 2.24) is 4.90 Å². The minimum absolute atomic E-state index is 0.00246. The van der Waals surface area contributed by atoms with Crippen LogP contribution in [0.5, 0.6) is 0 Å². The highest BCUT2D eigenvalue weighted by atomic mass is 32.2. The third kappa shape index (κ3) is 2.98.